The molecule has 1 aliphatic rings. The first-order chi connectivity index (χ1) is 18.1. The van der Waals surface area contributed by atoms with Crippen LogP contribution in [0.3, 0.4) is 0 Å². The minimum Gasteiger partial charge on any atom is -0.493 e. The van der Waals surface area contributed by atoms with Gasteiger partial charge in [-0.3, -0.25) is 4.90 Å². The second kappa shape index (κ2) is 13.4. The lowest BCUT2D eigenvalue weighted by Crippen LogP contribution is -2.38. The van der Waals surface area contributed by atoms with E-state index < -0.39 is 0 Å². The van der Waals surface area contributed by atoms with E-state index in [0.717, 1.165) is 81.8 Å². The van der Waals surface area contributed by atoms with E-state index in [1.54, 1.807) is 14.2 Å². The highest BCUT2D eigenvalue weighted by atomic mass is 16.5. The van der Waals surface area contributed by atoms with Gasteiger partial charge in [-0.05, 0) is 50.5 Å². The number of methoxy groups -OCH3 is 2. The van der Waals surface area contributed by atoms with Gasteiger partial charge < -0.3 is 25.0 Å². The van der Waals surface area contributed by atoms with Gasteiger partial charge in [-0.1, -0.05) is 44.2 Å². The Balaban J connectivity index is 1.47. The molecular formula is C29H42N6O2. The smallest absolute Gasteiger partial charge is 0.225 e. The van der Waals surface area contributed by atoms with Gasteiger partial charge >= 0.3 is 0 Å². The molecule has 8 heteroatoms. The standard InChI is InChI=1S/C29H42N6O2/c1-5-34(6-2)16-10-15-30-29-32-25-20-27(37-4)26(36-3)19-24(25)28(33-29)31-23-13-17-35(18-14-23)21-22-11-8-7-9-12-22/h7-9,11-12,19-20,23H,5-6,10,13-18,21H2,1-4H3,(H2,30,31,32,33). The molecule has 0 spiro atoms. The molecule has 2 aromatic carbocycles. The fourth-order valence-electron chi connectivity index (χ4n) is 4.96. The van der Waals surface area contributed by atoms with E-state index in [0.29, 0.717) is 23.5 Å². The highest BCUT2D eigenvalue weighted by Gasteiger charge is 2.21. The van der Waals surface area contributed by atoms with E-state index in [1.165, 1.54) is 5.56 Å². The van der Waals surface area contributed by atoms with Gasteiger partial charge in [0.1, 0.15) is 5.82 Å². The number of rotatable bonds is 13. The summed E-state index contributed by atoms with van der Waals surface area (Å²) in [6, 6.07) is 15.0. The summed E-state index contributed by atoms with van der Waals surface area (Å²) in [6.07, 6.45) is 3.17. The van der Waals surface area contributed by atoms with Gasteiger partial charge in [0.15, 0.2) is 11.5 Å². The third-order valence-electron chi connectivity index (χ3n) is 7.21. The van der Waals surface area contributed by atoms with Crippen LogP contribution in [0.25, 0.3) is 10.9 Å². The van der Waals surface area contributed by atoms with E-state index in [2.05, 4.69) is 64.6 Å². The molecule has 1 aliphatic heterocycles. The summed E-state index contributed by atoms with van der Waals surface area (Å²) in [4.78, 5) is 14.7. The highest BCUT2D eigenvalue weighted by molar-refractivity contribution is 5.92. The largest absolute Gasteiger partial charge is 0.493 e. The number of nitrogens with one attached hydrogen (secondary N) is 2. The molecule has 4 rings (SSSR count). The van der Waals surface area contributed by atoms with Gasteiger partial charge in [-0.2, -0.15) is 4.98 Å². The number of piperidine rings is 1. The van der Waals surface area contributed by atoms with Crippen LogP contribution in [-0.2, 0) is 6.54 Å². The number of anilines is 2. The van der Waals surface area contributed by atoms with Gasteiger partial charge in [-0.25, -0.2) is 4.98 Å². The van der Waals surface area contributed by atoms with Crippen LogP contribution >= 0.6 is 0 Å². The van der Waals surface area contributed by atoms with Crippen LogP contribution in [0.15, 0.2) is 42.5 Å². The minimum atomic E-state index is 0.355. The summed E-state index contributed by atoms with van der Waals surface area (Å²) in [5.41, 5.74) is 2.20. The van der Waals surface area contributed by atoms with Crippen LogP contribution in [-0.4, -0.2) is 79.3 Å². The molecule has 1 aromatic heterocycles. The van der Waals surface area contributed by atoms with E-state index in [9.17, 15) is 0 Å². The zero-order valence-electron chi connectivity index (χ0n) is 22.8. The van der Waals surface area contributed by atoms with Gasteiger partial charge in [0.25, 0.3) is 0 Å². The number of aromatic nitrogens is 2. The second-order valence-electron chi connectivity index (χ2n) is 9.61. The molecule has 0 bridgehead atoms. The van der Waals surface area contributed by atoms with Crippen LogP contribution in [0.4, 0.5) is 11.8 Å². The topological polar surface area (TPSA) is 74.8 Å². The number of benzene rings is 2. The van der Waals surface area contributed by atoms with E-state index in [-0.39, 0.29) is 0 Å². The molecule has 0 atom stereocenters. The number of likely N-dealkylation sites (tertiary alicyclic amines) is 1. The first-order valence-corrected chi connectivity index (χ1v) is 13.6. The number of hydrogen-bond acceptors (Lipinski definition) is 8. The SMILES string of the molecule is CCN(CC)CCCNc1nc(NC2CCN(Cc3ccccc3)CC2)c2cc(OC)c(OC)cc2n1. The summed E-state index contributed by atoms with van der Waals surface area (Å²) in [5.74, 6) is 2.84. The maximum Gasteiger partial charge on any atom is 0.225 e. The van der Waals surface area contributed by atoms with Crippen molar-refractivity contribution in [1.82, 2.24) is 19.8 Å². The molecule has 37 heavy (non-hydrogen) atoms. The van der Waals surface area contributed by atoms with Crippen LogP contribution in [0.2, 0.25) is 0 Å². The average molecular weight is 507 g/mol. The van der Waals surface area contributed by atoms with Crippen LogP contribution in [0, 0.1) is 0 Å². The van der Waals surface area contributed by atoms with Crippen LogP contribution < -0.4 is 20.1 Å². The quantitative estimate of drug-likeness (QED) is 0.318. The lowest BCUT2D eigenvalue weighted by atomic mass is 10.0. The lowest BCUT2D eigenvalue weighted by Gasteiger charge is -2.33. The van der Waals surface area contributed by atoms with Crippen molar-refractivity contribution in [3.8, 4) is 11.5 Å². The Bertz CT molecular complexity index is 1110. The highest BCUT2D eigenvalue weighted by Crippen LogP contribution is 2.35. The van der Waals surface area contributed by atoms with E-state index >= 15 is 0 Å². The third kappa shape index (κ3) is 7.23. The fourth-order valence-corrected chi connectivity index (χ4v) is 4.96. The van der Waals surface area contributed by atoms with Crippen molar-refractivity contribution in [3.63, 3.8) is 0 Å². The van der Waals surface area contributed by atoms with Crippen LogP contribution in [0.5, 0.6) is 11.5 Å². The molecule has 1 saturated heterocycles. The first-order valence-electron chi connectivity index (χ1n) is 13.6. The maximum atomic E-state index is 5.58. The average Bonchev–Trinajstić information content (AvgIpc) is 2.94. The van der Waals surface area contributed by atoms with Gasteiger partial charge in [0.2, 0.25) is 5.95 Å². The molecule has 0 aliphatic carbocycles. The number of fused-ring (bicyclic) bond motifs is 1. The zero-order valence-corrected chi connectivity index (χ0v) is 22.8. The predicted molar refractivity (Wildman–Crippen MR) is 152 cm³/mol. The van der Waals surface area contributed by atoms with Crippen molar-refractivity contribution >= 4 is 22.7 Å². The number of nitrogens with zero attached hydrogens (tertiary/aromatic N) is 4. The van der Waals surface area contributed by atoms with Crippen LogP contribution in [0.1, 0.15) is 38.7 Å². The summed E-state index contributed by atoms with van der Waals surface area (Å²) < 4.78 is 11.1. The molecule has 2 N–H and O–H groups in total. The molecule has 0 radical (unpaired) electrons. The summed E-state index contributed by atoms with van der Waals surface area (Å²) >= 11 is 0. The summed E-state index contributed by atoms with van der Waals surface area (Å²) in [5, 5.41) is 8.13. The molecular weight excluding hydrogens is 464 g/mol. The van der Waals surface area contributed by atoms with Crippen molar-refractivity contribution in [3.05, 3.63) is 48.0 Å². The van der Waals surface area contributed by atoms with E-state index in [1.807, 2.05) is 12.1 Å². The molecule has 200 valence electrons. The Morgan fingerprint density at radius 1 is 0.973 bits per heavy atom. The second-order valence-corrected chi connectivity index (χ2v) is 9.61. The Kier molecular flexibility index (Phi) is 9.79. The predicted octanol–water partition coefficient (Wildman–Crippen LogP) is 4.87. The van der Waals surface area contributed by atoms with Crippen molar-refractivity contribution in [2.45, 2.75) is 45.7 Å². The number of hydrogen-bond donors (Lipinski definition) is 2. The molecule has 2 heterocycles. The molecule has 0 saturated carbocycles. The van der Waals surface area contributed by atoms with Crippen molar-refractivity contribution in [2.75, 3.05) is 64.1 Å². The normalized spacial score (nSPS) is 14.7. The van der Waals surface area contributed by atoms with Crippen molar-refractivity contribution < 1.29 is 9.47 Å². The molecule has 1 fully saturated rings. The number of ether oxygens (including phenoxy) is 2. The first kappa shape index (κ1) is 26.9. The van der Waals surface area contributed by atoms with Gasteiger partial charge in [-0.15, -0.1) is 0 Å². The Morgan fingerprint density at radius 3 is 2.35 bits per heavy atom. The van der Waals surface area contributed by atoms with Crippen molar-refractivity contribution in [2.24, 2.45) is 0 Å². The molecule has 3 aromatic rings. The third-order valence-corrected chi connectivity index (χ3v) is 7.21. The molecule has 0 unspecified atom stereocenters. The zero-order chi connectivity index (χ0) is 26.0. The summed E-state index contributed by atoms with van der Waals surface area (Å²) in [7, 11) is 3.31. The minimum absolute atomic E-state index is 0.355. The fraction of sp³-hybridized carbons (Fsp3) is 0.517. The lowest BCUT2D eigenvalue weighted by molar-refractivity contribution is 0.211. The monoisotopic (exact) mass is 506 g/mol. The van der Waals surface area contributed by atoms with Gasteiger partial charge in [0, 0.05) is 43.7 Å². The Labute approximate surface area is 221 Å². The van der Waals surface area contributed by atoms with Crippen molar-refractivity contribution in [1.29, 1.82) is 0 Å². The van der Waals surface area contributed by atoms with Gasteiger partial charge in [0.05, 0.1) is 19.7 Å². The van der Waals surface area contributed by atoms with E-state index in [4.69, 9.17) is 19.4 Å². The molecule has 0 amide bonds. The molecule has 8 nitrogen and oxygen atoms in total. The summed E-state index contributed by atoms with van der Waals surface area (Å²) in [6.45, 7) is 11.6. The Hall–Kier alpha value is -3.10. The Morgan fingerprint density at radius 2 is 1.68 bits per heavy atom. The maximum absolute atomic E-state index is 5.58.